The van der Waals surface area contributed by atoms with Gasteiger partial charge in [-0.3, -0.25) is 4.79 Å². The standard InChI is InChI=1S/C11H17NO2/c1-3-6-9(4-2)10-7-5-8-11(13)12(10)14/h5,7-9,14H,3-4,6H2,1-2H3. The molecule has 0 aromatic carbocycles. The van der Waals surface area contributed by atoms with E-state index in [4.69, 9.17) is 0 Å². The lowest BCUT2D eigenvalue weighted by Crippen LogP contribution is -2.21. The summed E-state index contributed by atoms with van der Waals surface area (Å²) in [5.41, 5.74) is 0.374. The molecule has 0 bridgehead atoms. The van der Waals surface area contributed by atoms with Gasteiger partial charge in [-0.15, -0.1) is 0 Å². The molecule has 0 spiro atoms. The van der Waals surface area contributed by atoms with Gasteiger partial charge in [0.15, 0.2) is 0 Å². The number of rotatable bonds is 4. The van der Waals surface area contributed by atoms with Crippen LogP contribution in [0.15, 0.2) is 23.0 Å². The fraction of sp³-hybridized carbons (Fsp3) is 0.545. The molecule has 1 atom stereocenters. The van der Waals surface area contributed by atoms with Gasteiger partial charge in [-0.05, 0) is 18.9 Å². The van der Waals surface area contributed by atoms with Crippen LogP contribution in [-0.4, -0.2) is 9.94 Å². The van der Waals surface area contributed by atoms with Gasteiger partial charge in [0.2, 0.25) is 0 Å². The van der Waals surface area contributed by atoms with Crippen molar-refractivity contribution in [3.8, 4) is 0 Å². The van der Waals surface area contributed by atoms with E-state index < -0.39 is 0 Å². The van der Waals surface area contributed by atoms with Crippen LogP contribution in [-0.2, 0) is 0 Å². The second-order valence-electron chi connectivity index (χ2n) is 3.49. The summed E-state index contributed by atoms with van der Waals surface area (Å²) in [6.45, 7) is 4.17. The Morgan fingerprint density at radius 1 is 1.43 bits per heavy atom. The van der Waals surface area contributed by atoms with Crippen molar-refractivity contribution >= 4 is 0 Å². The average Bonchev–Trinajstić information content (AvgIpc) is 2.19. The molecule has 0 aliphatic heterocycles. The van der Waals surface area contributed by atoms with Crippen molar-refractivity contribution in [3.63, 3.8) is 0 Å². The van der Waals surface area contributed by atoms with E-state index in [-0.39, 0.29) is 11.5 Å². The van der Waals surface area contributed by atoms with Crippen LogP contribution >= 0.6 is 0 Å². The van der Waals surface area contributed by atoms with Crippen molar-refractivity contribution in [1.29, 1.82) is 0 Å². The molecule has 1 aromatic heterocycles. The van der Waals surface area contributed by atoms with Gasteiger partial charge < -0.3 is 5.21 Å². The number of aromatic nitrogens is 1. The van der Waals surface area contributed by atoms with Crippen molar-refractivity contribution in [2.75, 3.05) is 0 Å². The van der Waals surface area contributed by atoms with Gasteiger partial charge in [0.05, 0.1) is 5.69 Å². The lowest BCUT2D eigenvalue weighted by molar-refractivity contribution is 0.159. The van der Waals surface area contributed by atoms with Crippen molar-refractivity contribution in [1.82, 2.24) is 4.73 Å². The van der Waals surface area contributed by atoms with Crippen LogP contribution in [0.4, 0.5) is 0 Å². The molecule has 1 rings (SSSR count). The van der Waals surface area contributed by atoms with E-state index in [1.165, 1.54) is 6.07 Å². The molecule has 0 fully saturated rings. The molecule has 1 N–H and O–H groups in total. The van der Waals surface area contributed by atoms with Crippen LogP contribution in [0.5, 0.6) is 0 Å². The predicted molar refractivity (Wildman–Crippen MR) is 55.8 cm³/mol. The maximum absolute atomic E-state index is 11.2. The Bertz CT molecular complexity index is 343. The number of pyridine rings is 1. The van der Waals surface area contributed by atoms with Crippen LogP contribution in [0, 0.1) is 0 Å². The van der Waals surface area contributed by atoms with E-state index >= 15 is 0 Å². The molecule has 3 heteroatoms. The van der Waals surface area contributed by atoms with E-state index in [0.29, 0.717) is 0 Å². The highest BCUT2D eigenvalue weighted by Gasteiger charge is 2.12. The molecular weight excluding hydrogens is 178 g/mol. The summed E-state index contributed by atoms with van der Waals surface area (Å²) >= 11 is 0. The van der Waals surface area contributed by atoms with Gasteiger partial charge in [0.1, 0.15) is 0 Å². The van der Waals surface area contributed by atoms with Crippen molar-refractivity contribution in [2.45, 2.75) is 39.0 Å². The van der Waals surface area contributed by atoms with Crippen molar-refractivity contribution in [2.24, 2.45) is 0 Å². The molecule has 0 aliphatic carbocycles. The second kappa shape index (κ2) is 4.84. The molecule has 78 valence electrons. The van der Waals surface area contributed by atoms with Gasteiger partial charge in [-0.1, -0.05) is 26.3 Å². The summed E-state index contributed by atoms with van der Waals surface area (Å²) < 4.78 is 0.768. The zero-order valence-corrected chi connectivity index (χ0v) is 8.73. The quantitative estimate of drug-likeness (QED) is 0.749. The third kappa shape index (κ3) is 2.16. The highest BCUT2D eigenvalue weighted by molar-refractivity contribution is 5.10. The first kappa shape index (κ1) is 10.8. The molecule has 1 unspecified atom stereocenters. The van der Waals surface area contributed by atoms with Gasteiger partial charge in [0, 0.05) is 12.0 Å². The van der Waals surface area contributed by atoms with Crippen LogP contribution in [0.2, 0.25) is 0 Å². The van der Waals surface area contributed by atoms with Crippen LogP contribution in [0.3, 0.4) is 0 Å². The molecule has 0 saturated carbocycles. The fourth-order valence-electron chi connectivity index (χ4n) is 1.72. The Morgan fingerprint density at radius 2 is 2.14 bits per heavy atom. The molecule has 0 radical (unpaired) electrons. The SMILES string of the molecule is CCCC(CC)c1cccc(=O)n1O. The zero-order chi connectivity index (χ0) is 10.6. The minimum Gasteiger partial charge on any atom is -0.425 e. The highest BCUT2D eigenvalue weighted by atomic mass is 16.5. The lowest BCUT2D eigenvalue weighted by Gasteiger charge is -2.15. The molecule has 3 nitrogen and oxygen atoms in total. The Labute approximate surface area is 84.0 Å². The molecular formula is C11H17NO2. The van der Waals surface area contributed by atoms with Crippen LogP contribution in [0.25, 0.3) is 0 Å². The number of hydrogen-bond acceptors (Lipinski definition) is 2. The molecule has 0 amide bonds. The Morgan fingerprint density at radius 3 is 2.71 bits per heavy atom. The average molecular weight is 195 g/mol. The normalized spacial score (nSPS) is 12.7. The first-order valence-electron chi connectivity index (χ1n) is 5.11. The lowest BCUT2D eigenvalue weighted by atomic mass is 9.96. The van der Waals surface area contributed by atoms with Crippen molar-refractivity contribution in [3.05, 3.63) is 34.2 Å². The number of nitrogens with zero attached hydrogens (tertiary/aromatic N) is 1. The largest absolute Gasteiger partial charge is 0.425 e. The summed E-state index contributed by atoms with van der Waals surface area (Å²) in [5, 5.41) is 9.53. The van der Waals surface area contributed by atoms with Gasteiger partial charge in [-0.2, -0.15) is 4.73 Å². The maximum Gasteiger partial charge on any atom is 0.283 e. The van der Waals surface area contributed by atoms with Crippen LogP contribution < -0.4 is 5.56 Å². The second-order valence-corrected chi connectivity index (χ2v) is 3.49. The van der Waals surface area contributed by atoms with Crippen molar-refractivity contribution < 1.29 is 5.21 Å². The third-order valence-corrected chi connectivity index (χ3v) is 2.51. The van der Waals surface area contributed by atoms with E-state index in [0.717, 1.165) is 29.7 Å². The third-order valence-electron chi connectivity index (χ3n) is 2.51. The highest BCUT2D eigenvalue weighted by Crippen LogP contribution is 2.22. The maximum atomic E-state index is 11.2. The number of hydrogen-bond donors (Lipinski definition) is 1. The summed E-state index contributed by atoms with van der Waals surface area (Å²) in [4.78, 5) is 11.2. The summed E-state index contributed by atoms with van der Waals surface area (Å²) in [7, 11) is 0. The van der Waals surface area contributed by atoms with Gasteiger partial charge in [0.25, 0.3) is 5.56 Å². The Kier molecular flexibility index (Phi) is 3.74. The van der Waals surface area contributed by atoms with E-state index in [2.05, 4.69) is 13.8 Å². The monoisotopic (exact) mass is 195 g/mol. The summed E-state index contributed by atoms with van der Waals surface area (Å²) in [6, 6.07) is 4.87. The van der Waals surface area contributed by atoms with E-state index in [1.54, 1.807) is 6.07 Å². The van der Waals surface area contributed by atoms with E-state index in [1.807, 2.05) is 6.07 Å². The molecule has 1 aromatic rings. The Hall–Kier alpha value is -1.25. The smallest absolute Gasteiger partial charge is 0.283 e. The van der Waals surface area contributed by atoms with Gasteiger partial charge in [-0.25, -0.2) is 0 Å². The molecule has 14 heavy (non-hydrogen) atoms. The summed E-state index contributed by atoms with van der Waals surface area (Å²) in [5.74, 6) is 0.277. The van der Waals surface area contributed by atoms with Gasteiger partial charge >= 0.3 is 0 Å². The van der Waals surface area contributed by atoms with E-state index in [9.17, 15) is 10.0 Å². The predicted octanol–water partition coefficient (Wildman–Crippen LogP) is 2.38. The first-order valence-corrected chi connectivity index (χ1v) is 5.11. The van der Waals surface area contributed by atoms with Crippen LogP contribution in [0.1, 0.15) is 44.7 Å². The molecule has 0 saturated heterocycles. The topological polar surface area (TPSA) is 42.2 Å². The first-order chi connectivity index (χ1) is 6.70. The fourth-order valence-corrected chi connectivity index (χ4v) is 1.72. The Balaban J connectivity index is 3.03. The summed E-state index contributed by atoms with van der Waals surface area (Å²) in [6.07, 6.45) is 3.00. The minimum absolute atomic E-state index is 0.277. The zero-order valence-electron chi connectivity index (χ0n) is 8.73. The molecule has 1 heterocycles. The minimum atomic E-state index is -0.350. The molecule has 0 aliphatic rings.